The Morgan fingerprint density at radius 2 is 1.58 bits per heavy atom. The van der Waals surface area contributed by atoms with Crippen molar-refractivity contribution in [3.05, 3.63) is 96.3 Å². The van der Waals surface area contributed by atoms with Crippen molar-refractivity contribution in [3.8, 4) is 11.3 Å². The summed E-state index contributed by atoms with van der Waals surface area (Å²) in [5, 5.41) is 0.661. The monoisotopic (exact) mass is 411 g/mol. The largest absolute Gasteiger partial charge is 0.444 e. The summed E-state index contributed by atoms with van der Waals surface area (Å²) in [7, 11) is 3.27. The van der Waals surface area contributed by atoms with Crippen molar-refractivity contribution in [2.45, 2.75) is 6.10 Å². The molecule has 1 amide bonds. The summed E-state index contributed by atoms with van der Waals surface area (Å²) in [6.07, 6.45) is 2.30. The number of benzene rings is 2. The molecule has 0 aliphatic carbocycles. The fraction of sp³-hybridized carbons (Fsp3) is 0.120. The zero-order valence-corrected chi connectivity index (χ0v) is 17.2. The highest BCUT2D eigenvalue weighted by molar-refractivity contribution is 6.05. The van der Waals surface area contributed by atoms with Gasteiger partial charge in [0.2, 0.25) is 6.10 Å². The Hall–Kier alpha value is -4.06. The summed E-state index contributed by atoms with van der Waals surface area (Å²) in [5.41, 5.74) is 3.09. The lowest BCUT2D eigenvalue weighted by molar-refractivity contribution is -0.138. The van der Waals surface area contributed by atoms with Crippen molar-refractivity contribution in [1.82, 2.24) is 14.9 Å². The van der Waals surface area contributed by atoms with Crippen LogP contribution < -0.4 is 0 Å². The first kappa shape index (κ1) is 20.2. The predicted molar refractivity (Wildman–Crippen MR) is 118 cm³/mol. The van der Waals surface area contributed by atoms with Crippen LogP contribution in [0.5, 0.6) is 0 Å². The van der Waals surface area contributed by atoms with E-state index in [9.17, 15) is 9.59 Å². The zero-order chi connectivity index (χ0) is 21.8. The van der Waals surface area contributed by atoms with Crippen molar-refractivity contribution in [2.75, 3.05) is 14.1 Å². The first-order valence-electron chi connectivity index (χ1n) is 9.82. The van der Waals surface area contributed by atoms with Crippen LogP contribution in [0.3, 0.4) is 0 Å². The lowest BCUT2D eigenvalue weighted by atomic mass is 10.0. The molecule has 2 aromatic heterocycles. The van der Waals surface area contributed by atoms with Crippen molar-refractivity contribution < 1.29 is 14.3 Å². The number of carbonyl (C=O) groups excluding carboxylic acids is 2. The second-order valence-corrected chi connectivity index (χ2v) is 7.24. The molecule has 0 bridgehead atoms. The molecule has 0 spiro atoms. The maximum atomic E-state index is 13.3. The van der Waals surface area contributed by atoms with Gasteiger partial charge in [0.25, 0.3) is 5.91 Å². The van der Waals surface area contributed by atoms with Gasteiger partial charge in [-0.3, -0.25) is 9.78 Å². The van der Waals surface area contributed by atoms with Gasteiger partial charge in [0.15, 0.2) is 0 Å². The van der Waals surface area contributed by atoms with Crippen LogP contribution in [0.15, 0.2) is 85.2 Å². The number of para-hydroxylation sites is 1. The third-order valence-corrected chi connectivity index (χ3v) is 4.90. The highest BCUT2D eigenvalue weighted by atomic mass is 16.5. The molecular formula is C25H21N3O3. The Labute approximate surface area is 180 Å². The molecule has 4 aromatic rings. The SMILES string of the molecule is CN(C)C(=O)C(OC(=O)c1cc(-c2ccncc2)nc2ccccc12)c1ccccc1. The van der Waals surface area contributed by atoms with Gasteiger partial charge in [0, 0.05) is 43.0 Å². The topological polar surface area (TPSA) is 72.4 Å². The number of likely N-dealkylation sites (N-methyl/N-ethyl adjacent to an activating group) is 1. The summed E-state index contributed by atoms with van der Waals surface area (Å²) in [6, 6.07) is 21.7. The van der Waals surface area contributed by atoms with Gasteiger partial charge in [-0.15, -0.1) is 0 Å². The Morgan fingerprint density at radius 3 is 2.29 bits per heavy atom. The van der Waals surface area contributed by atoms with Crippen LogP contribution in [0, 0.1) is 0 Å². The van der Waals surface area contributed by atoms with Gasteiger partial charge in [-0.25, -0.2) is 9.78 Å². The average molecular weight is 411 g/mol. The Kier molecular flexibility index (Phi) is 5.71. The molecule has 4 rings (SSSR count). The molecule has 0 N–H and O–H groups in total. The van der Waals surface area contributed by atoms with E-state index in [4.69, 9.17) is 4.74 Å². The van der Waals surface area contributed by atoms with E-state index in [0.29, 0.717) is 27.7 Å². The third kappa shape index (κ3) is 4.28. The third-order valence-electron chi connectivity index (χ3n) is 4.90. The van der Waals surface area contributed by atoms with E-state index < -0.39 is 12.1 Å². The lowest BCUT2D eigenvalue weighted by Crippen LogP contribution is -2.31. The fourth-order valence-electron chi connectivity index (χ4n) is 3.31. The number of aromatic nitrogens is 2. The van der Waals surface area contributed by atoms with Gasteiger partial charge in [-0.2, -0.15) is 0 Å². The molecule has 6 nitrogen and oxygen atoms in total. The van der Waals surface area contributed by atoms with Crippen LogP contribution >= 0.6 is 0 Å². The van der Waals surface area contributed by atoms with Crippen molar-refractivity contribution in [2.24, 2.45) is 0 Å². The first-order valence-corrected chi connectivity index (χ1v) is 9.82. The smallest absolute Gasteiger partial charge is 0.340 e. The summed E-state index contributed by atoms with van der Waals surface area (Å²) in [6.45, 7) is 0. The number of ether oxygens (including phenoxy) is 1. The van der Waals surface area contributed by atoms with Crippen LogP contribution in [-0.2, 0) is 9.53 Å². The molecule has 0 saturated heterocycles. The molecule has 0 aliphatic heterocycles. The summed E-state index contributed by atoms with van der Waals surface area (Å²) in [5.74, 6) is -0.898. The zero-order valence-electron chi connectivity index (χ0n) is 17.2. The van der Waals surface area contributed by atoms with Gasteiger partial charge >= 0.3 is 5.97 Å². The number of rotatable bonds is 5. The molecule has 0 fully saturated rings. The van der Waals surface area contributed by atoms with Crippen LogP contribution in [0.4, 0.5) is 0 Å². The van der Waals surface area contributed by atoms with E-state index in [1.807, 2.05) is 54.6 Å². The van der Waals surface area contributed by atoms with Crippen LogP contribution in [0.2, 0.25) is 0 Å². The number of pyridine rings is 2. The molecule has 2 aromatic carbocycles. The number of carbonyl (C=O) groups is 2. The standard InChI is InChI=1S/C25H21N3O3/c1-28(2)24(29)23(18-8-4-3-5-9-18)31-25(30)20-16-22(17-12-14-26-15-13-17)27-21-11-7-6-10-19(20)21/h3-16,23H,1-2H3. The number of esters is 1. The highest BCUT2D eigenvalue weighted by Crippen LogP contribution is 2.27. The Morgan fingerprint density at radius 1 is 0.903 bits per heavy atom. The van der Waals surface area contributed by atoms with Crippen LogP contribution in [0.1, 0.15) is 22.0 Å². The summed E-state index contributed by atoms with van der Waals surface area (Å²) >= 11 is 0. The number of hydrogen-bond acceptors (Lipinski definition) is 5. The van der Waals surface area contributed by atoms with Crippen LogP contribution in [-0.4, -0.2) is 40.8 Å². The van der Waals surface area contributed by atoms with Crippen molar-refractivity contribution in [3.63, 3.8) is 0 Å². The molecule has 0 aliphatic rings. The predicted octanol–water partition coefficient (Wildman–Crippen LogP) is 4.28. The van der Waals surface area contributed by atoms with Gasteiger partial charge in [0.1, 0.15) is 0 Å². The first-order chi connectivity index (χ1) is 15.0. The van der Waals surface area contributed by atoms with E-state index in [0.717, 1.165) is 5.56 Å². The molecular weight excluding hydrogens is 390 g/mol. The van der Waals surface area contributed by atoms with Crippen molar-refractivity contribution in [1.29, 1.82) is 0 Å². The average Bonchev–Trinajstić information content (AvgIpc) is 2.82. The number of amides is 1. The van der Waals surface area contributed by atoms with Gasteiger partial charge < -0.3 is 9.64 Å². The maximum absolute atomic E-state index is 13.3. The molecule has 31 heavy (non-hydrogen) atoms. The van der Waals surface area contributed by atoms with E-state index in [-0.39, 0.29) is 5.91 Å². The fourth-order valence-corrected chi connectivity index (χ4v) is 3.31. The molecule has 0 saturated carbocycles. The molecule has 6 heteroatoms. The molecule has 1 atom stereocenters. The second kappa shape index (κ2) is 8.75. The summed E-state index contributed by atoms with van der Waals surface area (Å²) < 4.78 is 5.77. The highest BCUT2D eigenvalue weighted by Gasteiger charge is 2.28. The molecule has 154 valence electrons. The van der Waals surface area contributed by atoms with E-state index in [1.54, 1.807) is 44.7 Å². The van der Waals surface area contributed by atoms with E-state index in [1.165, 1.54) is 4.90 Å². The number of nitrogens with zero attached hydrogens (tertiary/aromatic N) is 3. The minimum atomic E-state index is -1.04. The maximum Gasteiger partial charge on any atom is 0.340 e. The quantitative estimate of drug-likeness (QED) is 0.458. The van der Waals surface area contributed by atoms with E-state index in [2.05, 4.69) is 9.97 Å². The van der Waals surface area contributed by atoms with Crippen LogP contribution in [0.25, 0.3) is 22.2 Å². The van der Waals surface area contributed by atoms with Gasteiger partial charge in [-0.05, 0) is 24.3 Å². The molecule has 0 radical (unpaired) electrons. The second-order valence-electron chi connectivity index (χ2n) is 7.24. The summed E-state index contributed by atoms with van der Waals surface area (Å²) in [4.78, 5) is 36.2. The van der Waals surface area contributed by atoms with Gasteiger partial charge in [-0.1, -0.05) is 48.5 Å². The number of fused-ring (bicyclic) bond motifs is 1. The molecule has 2 heterocycles. The Balaban J connectivity index is 1.78. The lowest BCUT2D eigenvalue weighted by Gasteiger charge is -2.21. The minimum absolute atomic E-state index is 0.313. The van der Waals surface area contributed by atoms with Gasteiger partial charge in [0.05, 0.1) is 16.8 Å². The minimum Gasteiger partial charge on any atom is -0.444 e. The molecule has 1 unspecified atom stereocenters. The Bertz CT molecular complexity index is 1220. The van der Waals surface area contributed by atoms with E-state index >= 15 is 0 Å². The van der Waals surface area contributed by atoms with Crippen molar-refractivity contribution >= 4 is 22.8 Å². The number of hydrogen-bond donors (Lipinski definition) is 0. The normalized spacial score (nSPS) is 11.7.